The number of carbonyl (C=O) groups excluding carboxylic acids is 1. The second kappa shape index (κ2) is 6.40. The predicted octanol–water partition coefficient (Wildman–Crippen LogP) is 1.40. The average molecular weight is 302 g/mol. The Hall–Kier alpha value is -3.35. The van der Waals surface area contributed by atoms with Crippen molar-refractivity contribution >= 4 is 6.16 Å². The second-order valence-electron chi connectivity index (χ2n) is 4.10. The summed E-state index contributed by atoms with van der Waals surface area (Å²) in [6.45, 7) is 0. The summed E-state index contributed by atoms with van der Waals surface area (Å²) in [4.78, 5) is 34.2. The molecule has 0 fully saturated rings. The molecule has 2 aromatic carbocycles. The fourth-order valence-corrected chi connectivity index (χ4v) is 1.50. The first-order valence-electron chi connectivity index (χ1n) is 6.02. The van der Waals surface area contributed by atoms with E-state index in [0.29, 0.717) is 0 Å². The van der Waals surface area contributed by atoms with Gasteiger partial charge in [0.25, 0.3) is 0 Å². The van der Waals surface area contributed by atoms with Crippen LogP contribution in [0.5, 0.6) is 23.0 Å². The first-order chi connectivity index (χ1) is 10.5. The van der Waals surface area contributed by atoms with Gasteiger partial charge in [-0.2, -0.15) is 0 Å². The van der Waals surface area contributed by atoms with E-state index < -0.39 is 40.0 Å². The monoisotopic (exact) mass is 302 g/mol. The third-order valence-electron chi connectivity index (χ3n) is 2.47. The number of aromatic hydroxyl groups is 2. The Morgan fingerprint density at radius 2 is 1.18 bits per heavy atom. The van der Waals surface area contributed by atoms with E-state index in [4.69, 9.17) is 9.47 Å². The first kappa shape index (κ1) is 15.0. The fourth-order valence-electron chi connectivity index (χ4n) is 1.50. The molecular weight excluding hydrogens is 292 g/mol. The Labute approximate surface area is 123 Å². The van der Waals surface area contributed by atoms with E-state index in [-0.39, 0.29) is 0 Å². The van der Waals surface area contributed by atoms with Crippen molar-refractivity contribution in [1.29, 1.82) is 0 Å². The van der Waals surface area contributed by atoms with E-state index in [9.17, 15) is 24.6 Å². The smallest absolute Gasteiger partial charge is 0.504 e. The van der Waals surface area contributed by atoms with Crippen LogP contribution in [0.25, 0.3) is 0 Å². The summed E-state index contributed by atoms with van der Waals surface area (Å²) in [6, 6.07) is 8.96. The molecular formula is C15H10O7. The molecule has 7 nitrogen and oxygen atoms in total. The lowest BCUT2D eigenvalue weighted by atomic mass is 10.4. The molecule has 0 spiro atoms. The molecule has 0 radical (unpaired) electrons. The summed E-state index contributed by atoms with van der Waals surface area (Å²) in [5.74, 6) is -1.73. The van der Waals surface area contributed by atoms with Crippen LogP contribution >= 0.6 is 0 Å². The number of carbonyl (C=O) groups is 1. The van der Waals surface area contributed by atoms with Gasteiger partial charge in [0.1, 0.15) is 0 Å². The quantitative estimate of drug-likeness (QED) is 0.806. The molecule has 7 heteroatoms. The number of rotatable bonds is 2. The van der Waals surface area contributed by atoms with E-state index in [1.54, 1.807) is 0 Å². The Kier molecular flexibility index (Phi) is 4.38. The van der Waals surface area contributed by atoms with Crippen LogP contribution in [-0.2, 0) is 0 Å². The number of hydrogen-bond donors (Lipinski definition) is 2. The zero-order valence-corrected chi connectivity index (χ0v) is 11.1. The van der Waals surface area contributed by atoms with E-state index in [1.165, 1.54) is 12.1 Å². The van der Waals surface area contributed by atoms with Gasteiger partial charge in [0.05, 0.1) is 0 Å². The molecule has 0 aliphatic carbocycles. The van der Waals surface area contributed by atoms with Crippen molar-refractivity contribution in [3.8, 4) is 23.0 Å². The van der Waals surface area contributed by atoms with Gasteiger partial charge in [-0.15, -0.1) is 0 Å². The fraction of sp³-hybridized carbons (Fsp3) is 0. The molecule has 2 rings (SSSR count). The lowest BCUT2D eigenvalue weighted by Crippen LogP contribution is -2.14. The van der Waals surface area contributed by atoms with Crippen molar-refractivity contribution in [3.63, 3.8) is 0 Å². The summed E-state index contributed by atoms with van der Waals surface area (Å²) >= 11 is 0. The molecule has 22 heavy (non-hydrogen) atoms. The van der Waals surface area contributed by atoms with E-state index >= 15 is 0 Å². The summed E-state index contributed by atoms with van der Waals surface area (Å²) in [7, 11) is 0. The molecule has 0 unspecified atom stereocenters. The lowest BCUT2D eigenvalue weighted by molar-refractivity contribution is 0.148. The largest absolute Gasteiger partial charge is 0.519 e. The summed E-state index contributed by atoms with van der Waals surface area (Å²) in [5, 5.41) is 19.2. The highest BCUT2D eigenvalue weighted by atomic mass is 16.7. The molecule has 2 aromatic rings. The first-order valence-corrected chi connectivity index (χ1v) is 6.02. The van der Waals surface area contributed by atoms with Gasteiger partial charge in [-0.3, -0.25) is 9.59 Å². The highest BCUT2D eigenvalue weighted by molar-refractivity contribution is 5.69. The van der Waals surface area contributed by atoms with Gasteiger partial charge in [-0.1, -0.05) is 12.1 Å². The SMILES string of the molecule is O=C(Oc1cc(=O)cccc1O)Oc1cc(=O)cccc1O. The van der Waals surface area contributed by atoms with E-state index in [1.807, 2.05) is 0 Å². The highest BCUT2D eigenvalue weighted by Gasteiger charge is 2.13. The minimum absolute atomic E-state index is 0.415. The molecule has 0 bridgehead atoms. The third-order valence-corrected chi connectivity index (χ3v) is 2.47. The minimum Gasteiger partial charge on any atom is -0.504 e. The number of hydrogen-bond acceptors (Lipinski definition) is 7. The molecule has 0 aromatic heterocycles. The van der Waals surface area contributed by atoms with Crippen molar-refractivity contribution in [3.05, 3.63) is 69.0 Å². The molecule has 0 aliphatic heterocycles. The Morgan fingerprint density at radius 3 is 1.59 bits per heavy atom. The van der Waals surface area contributed by atoms with Crippen molar-refractivity contribution < 1.29 is 24.5 Å². The molecule has 112 valence electrons. The molecule has 0 atom stereocenters. The van der Waals surface area contributed by atoms with E-state index in [2.05, 4.69) is 0 Å². The molecule has 0 amide bonds. The third kappa shape index (κ3) is 3.83. The van der Waals surface area contributed by atoms with Gasteiger partial charge in [-0.25, -0.2) is 4.79 Å². The van der Waals surface area contributed by atoms with Crippen molar-refractivity contribution in [2.24, 2.45) is 0 Å². The normalized spacial score (nSPS) is 9.82. The maximum absolute atomic E-state index is 11.6. The Bertz CT molecular complexity index is 761. The second-order valence-corrected chi connectivity index (χ2v) is 4.10. The van der Waals surface area contributed by atoms with Crippen LogP contribution < -0.4 is 20.3 Å². The van der Waals surface area contributed by atoms with Gasteiger partial charge in [0, 0.05) is 12.1 Å². The van der Waals surface area contributed by atoms with Crippen molar-refractivity contribution in [2.75, 3.05) is 0 Å². The molecule has 2 N–H and O–H groups in total. The summed E-state index contributed by atoms with van der Waals surface area (Å²) < 4.78 is 9.38. The standard InChI is InChI=1S/C15H10O7/c16-9-3-1-5-11(18)13(7-9)21-15(20)22-14-8-10(17)4-2-6-12(14)19/h1-8,18-19H. The van der Waals surface area contributed by atoms with Gasteiger partial charge >= 0.3 is 6.16 Å². The summed E-state index contributed by atoms with van der Waals surface area (Å²) in [5.41, 5.74) is -1.00. The van der Waals surface area contributed by atoms with Crippen LogP contribution in [0.1, 0.15) is 0 Å². The minimum atomic E-state index is -1.33. The van der Waals surface area contributed by atoms with Crippen molar-refractivity contribution in [1.82, 2.24) is 0 Å². The van der Waals surface area contributed by atoms with Crippen molar-refractivity contribution in [2.45, 2.75) is 0 Å². The Morgan fingerprint density at radius 1 is 0.773 bits per heavy atom. The molecule has 0 aliphatic rings. The molecule has 0 heterocycles. The summed E-state index contributed by atoms with van der Waals surface area (Å²) in [6.07, 6.45) is -1.33. The predicted molar refractivity (Wildman–Crippen MR) is 75.4 cm³/mol. The molecule has 0 saturated heterocycles. The lowest BCUT2D eigenvalue weighted by Gasteiger charge is -2.05. The highest BCUT2D eigenvalue weighted by Crippen LogP contribution is 2.25. The van der Waals surface area contributed by atoms with Crippen LogP contribution in [0, 0.1) is 0 Å². The Balaban J connectivity index is 2.26. The molecule has 0 saturated carbocycles. The average Bonchev–Trinajstić information content (AvgIpc) is 2.68. The maximum atomic E-state index is 11.6. The van der Waals surface area contributed by atoms with Gasteiger partial charge < -0.3 is 19.7 Å². The van der Waals surface area contributed by atoms with Crippen LogP contribution in [-0.4, -0.2) is 16.4 Å². The van der Waals surface area contributed by atoms with Gasteiger partial charge in [-0.05, 0) is 24.3 Å². The number of ether oxygens (including phenoxy) is 2. The zero-order chi connectivity index (χ0) is 16.1. The van der Waals surface area contributed by atoms with Crippen LogP contribution in [0.2, 0.25) is 0 Å². The maximum Gasteiger partial charge on any atom is 0.519 e. The van der Waals surface area contributed by atoms with Crippen LogP contribution in [0.15, 0.2) is 58.1 Å². The van der Waals surface area contributed by atoms with Crippen LogP contribution in [0.4, 0.5) is 4.79 Å². The van der Waals surface area contributed by atoms with E-state index in [0.717, 1.165) is 36.4 Å². The van der Waals surface area contributed by atoms with Gasteiger partial charge in [0.15, 0.2) is 33.9 Å². The zero-order valence-electron chi connectivity index (χ0n) is 11.1. The topological polar surface area (TPSA) is 110 Å². The van der Waals surface area contributed by atoms with Gasteiger partial charge in [0.2, 0.25) is 0 Å². The van der Waals surface area contributed by atoms with Crippen LogP contribution in [0.3, 0.4) is 0 Å².